The summed E-state index contributed by atoms with van der Waals surface area (Å²) in [5.41, 5.74) is 0.966. The molecule has 142 valence electrons. The van der Waals surface area contributed by atoms with Crippen LogP contribution in [-0.2, 0) is 11.2 Å². The fourth-order valence-electron chi connectivity index (χ4n) is 2.72. The monoisotopic (exact) mass is 481 g/mol. The van der Waals surface area contributed by atoms with Crippen LogP contribution in [0.15, 0.2) is 23.2 Å². The van der Waals surface area contributed by atoms with Crippen LogP contribution in [0.25, 0.3) is 0 Å². The summed E-state index contributed by atoms with van der Waals surface area (Å²) in [4.78, 5) is 4.66. The molecule has 1 atom stereocenters. The summed E-state index contributed by atoms with van der Waals surface area (Å²) in [7, 11) is 1.64. The second-order valence-electron chi connectivity index (χ2n) is 6.23. The van der Waals surface area contributed by atoms with E-state index in [9.17, 15) is 0 Å². The topological polar surface area (TPSA) is 54.9 Å². The van der Waals surface area contributed by atoms with Crippen molar-refractivity contribution in [2.24, 2.45) is 4.99 Å². The van der Waals surface area contributed by atoms with Gasteiger partial charge in [0.05, 0.1) is 19.3 Å². The van der Waals surface area contributed by atoms with Crippen LogP contribution < -0.4 is 15.4 Å². The van der Waals surface area contributed by atoms with E-state index >= 15 is 0 Å². The van der Waals surface area contributed by atoms with E-state index in [0.717, 1.165) is 61.3 Å². The molecule has 0 amide bonds. The van der Waals surface area contributed by atoms with Gasteiger partial charge in [0.15, 0.2) is 5.96 Å². The maximum Gasteiger partial charge on any atom is 0.191 e. The van der Waals surface area contributed by atoms with Crippen molar-refractivity contribution in [3.8, 4) is 5.75 Å². The Hall–Kier alpha value is -0.730. The lowest BCUT2D eigenvalue weighted by molar-refractivity contribution is 0.0283. The van der Waals surface area contributed by atoms with E-state index in [4.69, 9.17) is 21.1 Å². The second kappa shape index (κ2) is 11.1. The molecule has 0 aromatic heterocycles. The lowest BCUT2D eigenvalue weighted by atomic mass is 10.0. The van der Waals surface area contributed by atoms with Crippen LogP contribution in [0.5, 0.6) is 5.75 Å². The van der Waals surface area contributed by atoms with Crippen LogP contribution in [-0.4, -0.2) is 44.9 Å². The molecule has 1 heterocycles. The van der Waals surface area contributed by atoms with Gasteiger partial charge < -0.3 is 20.1 Å². The van der Waals surface area contributed by atoms with Gasteiger partial charge in [0, 0.05) is 24.7 Å². The van der Waals surface area contributed by atoms with E-state index in [1.807, 2.05) is 18.2 Å². The third kappa shape index (κ3) is 7.19. The standard InChI is InChI=1S/C18H28ClN3O2.HI/c1-4-20-17(22-13-18(2)9-5-11-24-18)21-10-8-14-6-7-15(23-3)12-16(14)19;/h6-7,12H,4-5,8-11,13H2,1-3H3,(H2,20,21,22);1H. The predicted molar refractivity (Wildman–Crippen MR) is 115 cm³/mol. The van der Waals surface area contributed by atoms with Gasteiger partial charge in [-0.2, -0.15) is 0 Å². The Balaban J connectivity index is 0.00000312. The zero-order valence-electron chi connectivity index (χ0n) is 15.2. The van der Waals surface area contributed by atoms with Crippen LogP contribution in [0.3, 0.4) is 0 Å². The summed E-state index contributed by atoms with van der Waals surface area (Å²) in [6.45, 7) is 7.29. The van der Waals surface area contributed by atoms with E-state index < -0.39 is 0 Å². The van der Waals surface area contributed by atoms with Crippen molar-refractivity contribution >= 4 is 41.5 Å². The molecule has 0 radical (unpaired) electrons. The van der Waals surface area contributed by atoms with E-state index in [2.05, 4.69) is 29.5 Å². The number of benzene rings is 1. The van der Waals surface area contributed by atoms with Crippen molar-refractivity contribution < 1.29 is 9.47 Å². The van der Waals surface area contributed by atoms with Gasteiger partial charge >= 0.3 is 0 Å². The van der Waals surface area contributed by atoms with Gasteiger partial charge in [0.25, 0.3) is 0 Å². The number of aliphatic imine (C=N–C) groups is 1. The van der Waals surface area contributed by atoms with Crippen LogP contribution in [0, 0.1) is 0 Å². The average Bonchev–Trinajstić information content (AvgIpc) is 3.01. The molecule has 25 heavy (non-hydrogen) atoms. The Morgan fingerprint density at radius 2 is 2.20 bits per heavy atom. The highest BCUT2D eigenvalue weighted by Gasteiger charge is 2.29. The minimum Gasteiger partial charge on any atom is -0.497 e. The normalized spacial score (nSPS) is 20.1. The summed E-state index contributed by atoms with van der Waals surface area (Å²) in [6.07, 6.45) is 3.00. The maximum absolute atomic E-state index is 6.28. The van der Waals surface area contributed by atoms with Crippen molar-refractivity contribution in [3.05, 3.63) is 28.8 Å². The second-order valence-corrected chi connectivity index (χ2v) is 6.64. The predicted octanol–water partition coefficient (Wildman–Crippen LogP) is 3.63. The zero-order chi connectivity index (χ0) is 17.4. The van der Waals surface area contributed by atoms with Gasteiger partial charge in [-0.3, -0.25) is 4.99 Å². The molecule has 2 N–H and O–H groups in total. The molecular formula is C18H29ClIN3O2. The highest BCUT2D eigenvalue weighted by molar-refractivity contribution is 14.0. The Morgan fingerprint density at radius 1 is 1.40 bits per heavy atom. The highest BCUT2D eigenvalue weighted by Crippen LogP contribution is 2.25. The lowest BCUT2D eigenvalue weighted by Gasteiger charge is -2.21. The quantitative estimate of drug-likeness (QED) is 0.355. The number of hydrogen-bond acceptors (Lipinski definition) is 3. The molecule has 1 unspecified atom stereocenters. The van der Waals surface area contributed by atoms with E-state index in [1.165, 1.54) is 0 Å². The summed E-state index contributed by atoms with van der Waals surface area (Å²) in [5, 5.41) is 7.36. The lowest BCUT2D eigenvalue weighted by Crippen LogP contribution is -2.40. The van der Waals surface area contributed by atoms with Gasteiger partial charge in [0.2, 0.25) is 0 Å². The molecule has 0 aliphatic carbocycles. The minimum absolute atomic E-state index is 0. The first kappa shape index (κ1) is 22.3. The average molecular weight is 482 g/mol. The molecule has 1 aliphatic heterocycles. The fraction of sp³-hybridized carbons (Fsp3) is 0.611. The first-order valence-corrected chi connectivity index (χ1v) is 8.92. The zero-order valence-corrected chi connectivity index (χ0v) is 18.3. The molecule has 2 rings (SSSR count). The summed E-state index contributed by atoms with van der Waals surface area (Å²) >= 11 is 6.28. The molecule has 1 aromatic carbocycles. The van der Waals surface area contributed by atoms with Gasteiger partial charge in [-0.25, -0.2) is 0 Å². The smallest absolute Gasteiger partial charge is 0.191 e. The third-order valence-corrected chi connectivity index (χ3v) is 4.52. The van der Waals surface area contributed by atoms with E-state index in [0.29, 0.717) is 6.54 Å². The number of nitrogens with one attached hydrogen (secondary N) is 2. The Labute approximate surface area is 172 Å². The van der Waals surface area contributed by atoms with Crippen molar-refractivity contribution in [2.75, 3.05) is 33.4 Å². The molecule has 7 heteroatoms. The maximum atomic E-state index is 6.28. The minimum atomic E-state index is -0.123. The molecule has 1 aliphatic rings. The molecule has 0 saturated carbocycles. The van der Waals surface area contributed by atoms with Crippen molar-refractivity contribution in [2.45, 2.75) is 38.7 Å². The molecule has 1 fully saturated rings. The molecule has 0 spiro atoms. The number of hydrogen-bond donors (Lipinski definition) is 2. The number of nitrogens with zero attached hydrogens (tertiary/aromatic N) is 1. The van der Waals surface area contributed by atoms with Gasteiger partial charge in [0.1, 0.15) is 5.75 Å². The number of ether oxygens (including phenoxy) is 2. The number of halogens is 2. The van der Waals surface area contributed by atoms with Crippen molar-refractivity contribution in [1.29, 1.82) is 0 Å². The first-order chi connectivity index (χ1) is 11.6. The number of methoxy groups -OCH3 is 1. The number of rotatable bonds is 7. The SMILES string of the molecule is CCNC(=NCC1(C)CCCO1)NCCc1ccc(OC)cc1Cl.I. The van der Waals surface area contributed by atoms with Crippen LogP contribution in [0.2, 0.25) is 5.02 Å². The summed E-state index contributed by atoms with van der Waals surface area (Å²) < 4.78 is 11.0. The summed E-state index contributed by atoms with van der Waals surface area (Å²) in [6, 6.07) is 5.77. The van der Waals surface area contributed by atoms with Crippen LogP contribution in [0.1, 0.15) is 32.3 Å². The molecule has 5 nitrogen and oxygen atoms in total. The Kier molecular flexibility index (Phi) is 9.89. The molecule has 1 aromatic rings. The summed E-state index contributed by atoms with van der Waals surface area (Å²) in [5.74, 6) is 1.59. The number of guanidine groups is 1. The highest BCUT2D eigenvalue weighted by atomic mass is 127. The van der Waals surface area contributed by atoms with Crippen LogP contribution in [0.4, 0.5) is 0 Å². The van der Waals surface area contributed by atoms with E-state index in [1.54, 1.807) is 7.11 Å². The molecule has 1 saturated heterocycles. The van der Waals surface area contributed by atoms with Gasteiger partial charge in [-0.15, -0.1) is 24.0 Å². The van der Waals surface area contributed by atoms with Crippen molar-refractivity contribution in [1.82, 2.24) is 10.6 Å². The first-order valence-electron chi connectivity index (χ1n) is 8.55. The third-order valence-electron chi connectivity index (χ3n) is 4.16. The van der Waals surface area contributed by atoms with E-state index in [-0.39, 0.29) is 29.6 Å². The van der Waals surface area contributed by atoms with Gasteiger partial charge in [-0.05, 0) is 50.8 Å². The Bertz CT molecular complexity index is 563. The molecule has 0 bridgehead atoms. The fourth-order valence-corrected chi connectivity index (χ4v) is 2.99. The van der Waals surface area contributed by atoms with Crippen LogP contribution >= 0.6 is 35.6 Å². The van der Waals surface area contributed by atoms with Gasteiger partial charge in [-0.1, -0.05) is 17.7 Å². The largest absolute Gasteiger partial charge is 0.497 e. The molecular weight excluding hydrogens is 453 g/mol. The van der Waals surface area contributed by atoms with Crippen molar-refractivity contribution in [3.63, 3.8) is 0 Å². The Morgan fingerprint density at radius 3 is 2.80 bits per heavy atom.